The van der Waals surface area contributed by atoms with Gasteiger partial charge in [0.1, 0.15) is 23.6 Å². The molecule has 0 radical (unpaired) electrons. The van der Waals surface area contributed by atoms with Crippen molar-refractivity contribution >= 4 is 29.3 Å². The summed E-state index contributed by atoms with van der Waals surface area (Å²) in [5.74, 6) is -3.25. The normalized spacial score (nSPS) is 20.2. The van der Waals surface area contributed by atoms with Gasteiger partial charge in [-0.1, -0.05) is 13.0 Å². The van der Waals surface area contributed by atoms with Gasteiger partial charge in [0.15, 0.2) is 0 Å². The Kier molecular flexibility index (Phi) is 11.8. The van der Waals surface area contributed by atoms with E-state index >= 15 is 4.39 Å². The number of aromatic nitrogens is 2. The summed E-state index contributed by atoms with van der Waals surface area (Å²) in [6.07, 6.45) is 2.29. The summed E-state index contributed by atoms with van der Waals surface area (Å²) in [7, 11) is 1.99. The highest BCUT2D eigenvalue weighted by molar-refractivity contribution is 6.00. The van der Waals surface area contributed by atoms with Crippen LogP contribution in [-0.2, 0) is 20.9 Å². The molecule has 1 aliphatic heterocycles. The first-order valence-electron chi connectivity index (χ1n) is 17.2. The van der Waals surface area contributed by atoms with Crippen molar-refractivity contribution in [1.29, 1.82) is 0 Å². The lowest BCUT2D eigenvalue weighted by atomic mass is 9.81. The molecule has 266 valence electrons. The van der Waals surface area contributed by atoms with Crippen LogP contribution in [0.15, 0.2) is 42.1 Å². The number of carbonyl (C=O) groups is 4. The second-order valence-electron chi connectivity index (χ2n) is 13.3. The lowest BCUT2D eigenvalue weighted by molar-refractivity contribution is -0.138. The zero-order valence-corrected chi connectivity index (χ0v) is 28.3. The summed E-state index contributed by atoms with van der Waals surface area (Å²) in [5, 5.41) is 12.4. The molecule has 3 unspecified atom stereocenters. The van der Waals surface area contributed by atoms with Crippen LogP contribution >= 0.6 is 0 Å². The molecule has 2 saturated carbocycles. The maximum atomic E-state index is 15.9. The molecule has 3 fully saturated rings. The standard InChI is InChI=1S/C35H46F3N7O4/c1-4-28(46)41-31(35(49)44-18-16-43(3)17-19-44)29(21-6-7-21)24-12-13-26(25(36)20-24)40-34(48)30(22-8-10-23(11-9-22)32(37)38)42-33(47)27-14-15-39-45(27)5-2/h12-15,20-22,29-31H,4-11,16-19H2,1-3H3,(H,40,48)(H,41,46)(H,42,47). The second-order valence-corrected chi connectivity index (χ2v) is 13.3. The Balaban J connectivity index is 1.37. The number of rotatable bonds is 12. The number of aryl methyl sites for hydroxylation is 1. The van der Waals surface area contributed by atoms with Gasteiger partial charge in [-0.3, -0.25) is 23.9 Å². The Morgan fingerprint density at radius 2 is 1.63 bits per heavy atom. The minimum Gasteiger partial charge on any atom is -0.344 e. The van der Waals surface area contributed by atoms with E-state index < -0.39 is 47.6 Å². The molecule has 5 rings (SSSR count). The predicted octanol–water partition coefficient (Wildman–Crippen LogP) is 4.28. The minimum atomic E-state index is -1.72. The van der Waals surface area contributed by atoms with E-state index in [1.165, 1.54) is 29.1 Å². The van der Waals surface area contributed by atoms with E-state index in [4.69, 9.17) is 0 Å². The first kappa shape index (κ1) is 36.1. The van der Waals surface area contributed by atoms with Crippen molar-refractivity contribution in [2.75, 3.05) is 38.5 Å². The molecule has 49 heavy (non-hydrogen) atoms. The molecule has 1 aromatic carbocycles. The van der Waals surface area contributed by atoms with Crippen LogP contribution in [0.3, 0.4) is 0 Å². The van der Waals surface area contributed by atoms with Crippen LogP contribution < -0.4 is 16.0 Å². The zero-order valence-electron chi connectivity index (χ0n) is 28.3. The summed E-state index contributed by atoms with van der Waals surface area (Å²) >= 11 is 0. The van der Waals surface area contributed by atoms with Gasteiger partial charge < -0.3 is 25.8 Å². The first-order valence-corrected chi connectivity index (χ1v) is 17.2. The molecule has 14 heteroatoms. The fourth-order valence-electron chi connectivity index (χ4n) is 6.95. The van der Waals surface area contributed by atoms with E-state index in [9.17, 15) is 28.0 Å². The number of hydrogen-bond donors (Lipinski definition) is 3. The number of allylic oxidation sites excluding steroid dienone is 1. The number of piperazine rings is 1. The molecule has 2 heterocycles. The minimum absolute atomic E-state index is 0.0391. The van der Waals surface area contributed by atoms with Crippen molar-refractivity contribution in [2.45, 2.75) is 83.3 Å². The van der Waals surface area contributed by atoms with Crippen molar-refractivity contribution < 1.29 is 32.3 Å². The maximum Gasteiger partial charge on any atom is 0.270 e. The molecule has 4 amide bonds. The zero-order chi connectivity index (χ0) is 35.2. The SMILES string of the molecule is CCC(=O)NC(C(=O)N1CCN(C)CC1)C(c1ccc(NC(=O)C(NC(=O)c2ccnn2CC)C2CCC(=C(F)F)CC2)c(F)c1)C1CC1. The lowest BCUT2D eigenvalue weighted by Crippen LogP contribution is -2.56. The molecule has 3 atom stereocenters. The molecule has 1 saturated heterocycles. The highest BCUT2D eigenvalue weighted by Crippen LogP contribution is 2.45. The number of nitrogens with zero attached hydrogens (tertiary/aromatic N) is 4. The first-order chi connectivity index (χ1) is 23.5. The van der Waals surface area contributed by atoms with Crippen molar-refractivity contribution in [3.8, 4) is 0 Å². The number of anilines is 1. The number of likely N-dealkylation sites (N-methyl/N-ethyl adjacent to an activating group) is 1. The molecule has 2 aromatic rings. The average Bonchev–Trinajstić information content (AvgIpc) is 3.81. The van der Waals surface area contributed by atoms with E-state index in [1.807, 2.05) is 14.0 Å². The number of nitrogens with one attached hydrogen (secondary N) is 3. The largest absolute Gasteiger partial charge is 0.344 e. The van der Waals surface area contributed by atoms with E-state index in [-0.39, 0.29) is 66.8 Å². The molecule has 0 spiro atoms. The molecule has 3 N–H and O–H groups in total. The van der Waals surface area contributed by atoms with Gasteiger partial charge >= 0.3 is 0 Å². The number of halogens is 3. The highest BCUT2D eigenvalue weighted by atomic mass is 19.3. The Bertz CT molecular complexity index is 1550. The molecule has 0 bridgehead atoms. The second kappa shape index (κ2) is 16.0. The molecule has 2 aliphatic carbocycles. The summed E-state index contributed by atoms with van der Waals surface area (Å²) in [6, 6.07) is 3.94. The van der Waals surface area contributed by atoms with Crippen LogP contribution in [0.2, 0.25) is 0 Å². The Morgan fingerprint density at radius 1 is 0.939 bits per heavy atom. The fourth-order valence-corrected chi connectivity index (χ4v) is 6.95. The third-order valence-corrected chi connectivity index (χ3v) is 10.0. The van der Waals surface area contributed by atoms with Crippen molar-refractivity contribution in [3.63, 3.8) is 0 Å². The van der Waals surface area contributed by atoms with E-state index in [2.05, 4.69) is 25.9 Å². The van der Waals surface area contributed by atoms with Gasteiger partial charge in [-0.15, -0.1) is 0 Å². The molecular weight excluding hydrogens is 639 g/mol. The number of benzene rings is 1. The Hall–Kier alpha value is -4.20. The predicted molar refractivity (Wildman–Crippen MR) is 177 cm³/mol. The van der Waals surface area contributed by atoms with Gasteiger partial charge in [0, 0.05) is 51.3 Å². The molecule has 11 nitrogen and oxygen atoms in total. The van der Waals surface area contributed by atoms with E-state index in [1.54, 1.807) is 17.9 Å². The summed E-state index contributed by atoms with van der Waals surface area (Å²) in [4.78, 5) is 57.4. The Morgan fingerprint density at radius 3 is 2.22 bits per heavy atom. The van der Waals surface area contributed by atoms with Crippen molar-refractivity contribution in [1.82, 2.24) is 30.2 Å². The fraction of sp³-hybridized carbons (Fsp3) is 0.571. The van der Waals surface area contributed by atoms with Gasteiger partial charge in [0.05, 0.1) is 5.69 Å². The monoisotopic (exact) mass is 685 g/mol. The number of hydrogen-bond acceptors (Lipinski definition) is 6. The average molecular weight is 686 g/mol. The highest BCUT2D eigenvalue weighted by Gasteiger charge is 2.43. The number of carbonyl (C=O) groups excluding carboxylic acids is 4. The third-order valence-electron chi connectivity index (χ3n) is 10.0. The van der Waals surface area contributed by atoms with Crippen LogP contribution in [-0.4, -0.2) is 88.5 Å². The van der Waals surface area contributed by atoms with Gasteiger partial charge in [-0.05, 0) is 93.7 Å². The Labute approximate surface area is 284 Å². The van der Waals surface area contributed by atoms with Gasteiger partial charge in [0.2, 0.25) is 17.7 Å². The van der Waals surface area contributed by atoms with Crippen LogP contribution in [0.25, 0.3) is 0 Å². The molecular formula is C35H46F3N7O4. The lowest BCUT2D eigenvalue weighted by Gasteiger charge is -2.37. The molecule has 1 aromatic heterocycles. The van der Waals surface area contributed by atoms with Gasteiger partial charge in [-0.2, -0.15) is 13.9 Å². The van der Waals surface area contributed by atoms with E-state index in [0.29, 0.717) is 38.3 Å². The maximum absolute atomic E-state index is 15.9. The summed E-state index contributed by atoms with van der Waals surface area (Å²) in [5.41, 5.74) is 0.701. The van der Waals surface area contributed by atoms with Crippen molar-refractivity contribution in [2.24, 2.45) is 11.8 Å². The quantitative estimate of drug-likeness (QED) is 0.306. The summed E-state index contributed by atoms with van der Waals surface area (Å²) in [6.45, 7) is 6.44. The topological polar surface area (TPSA) is 129 Å². The third kappa shape index (κ3) is 8.70. The van der Waals surface area contributed by atoms with Crippen molar-refractivity contribution in [3.05, 3.63) is 59.2 Å². The van der Waals surface area contributed by atoms with Gasteiger partial charge in [-0.25, -0.2) is 4.39 Å². The van der Waals surface area contributed by atoms with Crippen LogP contribution in [0.1, 0.15) is 80.8 Å². The van der Waals surface area contributed by atoms with Crippen LogP contribution in [0.4, 0.5) is 18.9 Å². The van der Waals surface area contributed by atoms with Crippen LogP contribution in [0.5, 0.6) is 0 Å². The van der Waals surface area contributed by atoms with E-state index in [0.717, 1.165) is 12.8 Å². The molecule has 3 aliphatic rings. The number of amides is 4. The van der Waals surface area contributed by atoms with Crippen LogP contribution in [0, 0.1) is 17.7 Å². The van der Waals surface area contributed by atoms with Gasteiger partial charge in [0.25, 0.3) is 12.0 Å². The smallest absolute Gasteiger partial charge is 0.270 e. The summed E-state index contributed by atoms with van der Waals surface area (Å²) < 4.78 is 43.9.